The lowest BCUT2D eigenvalue weighted by molar-refractivity contribution is 0.0895. The molecule has 1 aromatic rings. The second-order valence-corrected chi connectivity index (χ2v) is 5.36. The molecule has 0 aromatic heterocycles. The van der Waals surface area contributed by atoms with Gasteiger partial charge in [0.25, 0.3) is 0 Å². The summed E-state index contributed by atoms with van der Waals surface area (Å²) in [6.45, 7) is 1.54. The van der Waals surface area contributed by atoms with Crippen LogP contribution in [0.1, 0.15) is 23.2 Å². The fourth-order valence-electron chi connectivity index (χ4n) is 2.01. The molecular weight excluding hydrogens is 308 g/mol. The van der Waals surface area contributed by atoms with E-state index < -0.39 is 5.82 Å². The number of carbonyl (C=O) groups excluding carboxylic acids is 1. The van der Waals surface area contributed by atoms with Crippen molar-refractivity contribution >= 4 is 33.3 Å². The number of hydrogen-bond donors (Lipinski definition) is 1. The summed E-state index contributed by atoms with van der Waals surface area (Å²) in [7, 11) is 0. The first kappa shape index (κ1) is 13.0. The van der Waals surface area contributed by atoms with E-state index in [4.69, 9.17) is 11.6 Å². The molecule has 1 aliphatic rings. The average Bonchev–Trinajstić information content (AvgIpc) is 2.36. The smallest absolute Gasteiger partial charge is 0.170 e. The van der Waals surface area contributed by atoms with Gasteiger partial charge in [0.15, 0.2) is 11.6 Å². The third kappa shape index (κ3) is 2.69. The Hall–Kier alpha value is -0.450. The van der Waals surface area contributed by atoms with Gasteiger partial charge in [-0.3, -0.25) is 4.79 Å². The molecule has 1 aromatic carbocycles. The molecule has 1 N–H and O–H groups in total. The number of piperidine rings is 1. The maximum absolute atomic E-state index is 13.9. The molecule has 5 heteroatoms. The van der Waals surface area contributed by atoms with Crippen LogP contribution in [0, 0.1) is 11.7 Å². The minimum Gasteiger partial charge on any atom is -0.316 e. The highest BCUT2D eigenvalue weighted by Gasteiger charge is 2.25. The second-order valence-electron chi connectivity index (χ2n) is 4.13. The Labute approximate surface area is 113 Å². The molecule has 92 valence electrons. The summed E-state index contributed by atoms with van der Waals surface area (Å²) in [6, 6.07) is 3.09. The van der Waals surface area contributed by atoms with Gasteiger partial charge in [-0.25, -0.2) is 4.39 Å². The van der Waals surface area contributed by atoms with Gasteiger partial charge in [-0.2, -0.15) is 0 Å². The van der Waals surface area contributed by atoms with Crippen molar-refractivity contribution in [1.29, 1.82) is 0 Å². The summed E-state index contributed by atoms with van der Waals surface area (Å²) in [5.74, 6) is -0.934. The van der Waals surface area contributed by atoms with Crippen LogP contribution in [0.25, 0.3) is 0 Å². The Balaban J connectivity index is 2.27. The molecule has 0 radical (unpaired) electrons. The highest BCUT2D eigenvalue weighted by atomic mass is 79.9. The monoisotopic (exact) mass is 319 g/mol. The van der Waals surface area contributed by atoms with Gasteiger partial charge in [0, 0.05) is 16.9 Å². The maximum Gasteiger partial charge on any atom is 0.170 e. The van der Waals surface area contributed by atoms with Crippen LogP contribution in [0.3, 0.4) is 0 Å². The van der Waals surface area contributed by atoms with E-state index in [2.05, 4.69) is 21.2 Å². The zero-order valence-corrected chi connectivity index (χ0v) is 11.4. The molecule has 2 rings (SSSR count). The molecule has 0 amide bonds. The normalized spacial score (nSPS) is 20.3. The van der Waals surface area contributed by atoms with Crippen molar-refractivity contribution in [2.75, 3.05) is 13.1 Å². The first-order valence-electron chi connectivity index (χ1n) is 5.49. The summed E-state index contributed by atoms with van der Waals surface area (Å²) in [6.07, 6.45) is 1.75. The Morgan fingerprint density at radius 1 is 1.53 bits per heavy atom. The van der Waals surface area contributed by atoms with Gasteiger partial charge in [-0.05, 0) is 47.4 Å². The van der Waals surface area contributed by atoms with Crippen LogP contribution in [0.2, 0.25) is 5.02 Å². The van der Waals surface area contributed by atoms with E-state index in [1.807, 2.05) is 0 Å². The minimum atomic E-state index is -0.628. The van der Waals surface area contributed by atoms with E-state index in [-0.39, 0.29) is 22.3 Å². The highest BCUT2D eigenvalue weighted by Crippen LogP contribution is 2.29. The average molecular weight is 321 g/mol. The third-order valence-corrected chi connectivity index (χ3v) is 4.23. The number of hydrogen-bond acceptors (Lipinski definition) is 2. The van der Waals surface area contributed by atoms with Gasteiger partial charge in [-0.15, -0.1) is 0 Å². The molecule has 1 aliphatic heterocycles. The van der Waals surface area contributed by atoms with Crippen LogP contribution in [0.4, 0.5) is 4.39 Å². The molecule has 2 nitrogen and oxygen atoms in total. The molecule has 0 aliphatic carbocycles. The summed E-state index contributed by atoms with van der Waals surface area (Å²) in [5.41, 5.74) is 0.0897. The second kappa shape index (κ2) is 5.46. The summed E-state index contributed by atoms with van der Waals surface area (Å²) >= 11 is 8.91. The fraction of sp³-hybridized carbons (Fsp3) is 0.417. The van der Waals surface area contributed by atoms with Gasteiger partial charge >= 0.3 is 0 Å². The maximum atomic E-state index is 13.9. The van der Waals surface area contributed by atoms with Crippen LogP contribution in [-0.2, 0) is 0 Å². The SMILES string of the molecule is O=C(c1ccc(Br)c(Cl)c1F)C1CCCNC1. The molecule has 1 fully saturated rings. The van der Waals surface area contributed by atoms with Crippen LogP contribution in [0.5, 0.6) is 0 Å². The number of halogens is 3. The molecule has 1 atom stereocenters. The number of ketones is 1. The molecule has 0 bridgehead atoms. The highest BCUT2D eigenvalue weighted by molar-refractivity contribution is 9.10. The van der Waals surface area contributed by atoms with Crippen molar-refractivity contribution in [2.24, 2.45) is 5.92 Å². The largest absolute Gasteiger partial charge is 0.316 e. The van der Waals surface area contributed by atoms with Crippen LogP contribution >= 0.6 is 27.5 Å². The van der Waals surface area contributed by atoms with Crippen molar-refractivity contribution in [1.82, 2.24) is 5.32 Å². The predicted molar refractivity (Wildman–Crippen MR) is 69.0 cm³/mol. The number of carbonyl (C=O) groups is 1. The standard InChI is InChI=1S/C12H12BrClFNO/c13-9-4-3-8(11(15)10(9)14)12(17)7-2-1-5-16-6-7/h3-4,7,16H,1-2,5-6H2. The van der Waals surface area contributed by atoms with E-state index in [0.717, 1.165) is 19.4 Å². The zero-order valence-electron chi connectivity index (χ0n) is 9.10. The van der Waals surface area contributed by atoms with Crippen molar-refractivity contribution in [3.05, 3.63) is 33.0 Å². The Kier molecular flexibility index (Phi) is 4.17. The zero-order chi connectivity index (χ0) is 12.4. The number of benzene rings is 1. The minimum absolute atomic E-state index is 0.0281. The predicted octanol–water partition coefficient (Wildman–Crippen LogP) is 3.42. The molecule has 1 saturated heterocycles. The first-order chi connectivity index (χ1) is 8.11. The fourth-order valence-corrected chi connectivity index (χ4v) is 2.48. The molecule has 1 heterocycles. The number of rotatable bonds is 2. The lowest BCUT2D eigenvalue weighted by Crippen LogP contribution is -2.34. The Morgan fingerprint density at radius 2 is 2.29 bits per heavy atom. The summed E-state index contributed by atoms with van der Waals surface area (Å²) < 4.78 is 14.3. The summed E-state index contributed by atoms with van der Waals surface area (Å²) in [4.78, 5) is 12.1. The van der Waals surface area contributed by atoms with Crippen molar-refractivity contribution in [2.45, 2.75) is 12.8 Å². The summed E-state index contributed by atoms with van der Waals surface area (Å²) in [5, 5.41) is 3.12. The van der Waals surface area contributed by atoms with Gasteiger partial charge in [-0.1, -0.05) is 11.6 Å². The van der Waals surface area contributed by atoms with Gasteiger partial charge in [0.1, 0.15) is 0 Å². The van der Waals surface area contributed by atoms with Crippen LogP contribution in [-0.4, -0.2) is 18.9 Å². The molecular formula is C12H12BrClFNO. The van der Waals surface area contributed by atoms with Gasteiger partial charge < -0.3 is 5.32 Å². The molecule has 17 heavy (non-hydrogen) atoms. The van der Waals surface area contributed by atoms with E-state index in [1.165, 1.54) is 6.07 Å². The van der Waals surface area contributed by atoms with E-state index in [9.17, 15) is 9.18 Å². The number of nitrogens with one attached hydrogen (secondary N) is 1. The first-order valence-corrected chi connectivity index (χ1v) is 6.66. The molecule has 0 spiro atoms. The lowest BCUT2D eigenvalue weighted by Gasteiger charge is -2.21. The number of Topliss-reactive ketones (excluding diaryl/α,β-unsaturated/α-hetero) is 1. The van der Waals surface area contributed by atoms with Gasteiger partial charge in [0.2, 0.25) is 0 Å². The molecule has 0 saturated carbocycles. The topological polar surface area (TPSA) is 29.1 Å². The van der Waals surface area contributed by atoms with E-state index in [0.29, 0.717) is 11.0 Å². The molecule has 1 unspecified atom stereocenters. The van der Waals surface area contributed by atoms with Gasteiger partial charge in [0.05, 0.1) is 10.6 Å². The van der Waals surface area contributed by atoms with Crippen LogP contribution in [0.15, 0.2) is 16.6 Å². The quantitative estimate of drug-likeness (QED) is 0.668. The Bertz CT molecular complexity index is 446. The van der Waals surface area contributed by atoms with Crippen molar-refractivity contribution in [3.63, 3.8) is 0 Å². The van der Waals surface area contributed by atoms with E-state index in [1.54, 1.807) is 6.07 Å². The lowest BCUT2D eigenvalue weighted by atomic mass is 9.91. The van der Waals surface area contributed by atoms with Crippen molar-refractivity contribution < 1.29 is 9.18 Å². The Morgan fingerprint density at radius 3 is 2.94 bits per heavy atom. The van der Waals surface area contributed by atoms with E-state index >= 15 is 0 Å². The van der Waals surface area contributed by atoms with Crippen molar-refractivity contribution in [3.8, 4) is 0 Å². The third-order valence-electron chi connectivity index (χ3n) is 2.97. The van der Waals surface area contributed by atoms with Crippen LogP contribution < -0.4 is 5.32 Å².